The lowest BCUT2D eigenvalue weighted by atomic mass is 10.1. The highest BCUT2D eigenvalue weighted by Crippen LogP contribution is 2.24. The number of rotatable bonds is 6. The fraction of sp³-hybridized carbons (Fsp3) is 0.471. The van der Waals surface area contributed by atoms with E-state index in [1.807, 2.05) is 6.07 Å². The molecule has 2 aromatic rings. The van der Waals surface area contributed by atoms with E-state index >= 15 is 0 Å². The van der Waals surface area contributed by atoms with Crippen LogP contribution < -0.4 is 10.5 Å². The Balaban J connectivity index is 2.49. The summed E-state index contributed by atoms with van der Waals surface area (Å²) in [6.45, 7) is 8.47. The van der Waals surface area contributed by atoms with Crippen molar-refractivity contribution in [1.29, 1.82) is 0 Å². The lowest BCUT2D eigenvalue weighted by Crippen LogP contribution is -2.24. The van der Waals surface area contributed by atoms with Gasteiger partial charge < -0.3 is 9.32 Å². The molecule has 0 amide bonds. The van der Waals surface area contributed by atoms with Gasteiger partial charge in [0, 0.05) is 36.3 Å². The second-order valence-electron chi connectivity index (χ2n) is 5.11. The van der Waals surface area contributed by atoms with Crippen molar-refractivity contribution in [2.45, 2.75) is 40.0 Å². The van der Waals surface area contributed by atoms with Crippen molar-refractivity contribution in [1.82, 2.24) is 0 Å². The maximum Gasteiger partial charge on any atom is 0.336 e. The molecule has 1 aromatic heterocycles. The van der Waals surface area contributed by atoms with E-state index in [9.17, 15) is 4.79 Å². The summed E-state index contributed by atoms with van der Waals surface area (Å²) in [6.07, 6.45) is 3.06. The van der Waals surface area contributed by atoms with E-state index in [1.165, 1.54) is 0 Å². The van der Waals surface area contributed by atoms with E-state index in [1.54, 1.807) is 6.07 Å². The van der Waals surface area contributed by atoms with Gasteiger partial charge in [0.1, 0.15) is 5.58 Å². The summed E-state index contributed by atoms with van der Waals surface area (Å²) in [5.41, 5.74) is 2.63. The molecule has 0 aliphatic heterocycles. The number of hydrogen-bond donors (Lipinski definition) is 0. The van der Waals surface area contributed by atoms with Crippen LogP contribution in [0.4, 0.5) is 5.69 Å². The normalized spacial score (nSPS) is 10.9. The van der Waals surface area contributed by atoms with E-state index in [2.05, 4.69) is 37.8 Å². The topological polar surface area (TPSA) is 33.5 Å². The Bertz CT molecular complexity index is 624. The predicted molar refractivity (Wildman–Crippen MR) is 84.7 cm³/mol. The van der Waals surface area contributed by atoms with Gasteiger partial charge in [-0.2, -0.15) is 0 Å². The molecule has 1 heterocycles. The second-order valence-corrected chi connectivity index (χ2v) is 5.11. The van der Waals surface area contributed by atoms with E-state index in [0.29, 0.717) is 5.58 Å². The Morgan fingerprint density at radius 3 is 2.35 bits per heavy atom. The molecule has 20 heavy (non-hydrogen) atoms. The lowest BCUT2D eigenvalue weighted by molar-refractivity contribution is 0.559. The van der Waals surface area contributed by atoms with Crippen LogP contribution in [0.1, 0.15) is 39.2 Å². The van der Waals surface area contributed by atoms with Crippen LogP contribution in [0, 0.1) is 0 Å². The Kier molecular flexibility index (Phi) is 4.83. The number of fused-ring (bicyclic) bond motifs is 1. The highest BCUT2D eigenvalue weighted by Gasteiger charge is 2.09. The van der Waals surface area contributed by atoms with E-state index in [4.69, 9.17) is 4.42 Å². The van der Waals surface area contributed by atoms with Crippen molar-refractivity contribution in [3.63, 3.8) is 0 Å². The minimum absolute atomic E-state index is 0.260. The Labute approximate surface area is 120 Å². The van der Waals surface area contributed by atoms with Crippen LogP contribution in [0.2, 0.25) is 0 Å². The molecule has 0 N–H and O–H groups in total. The van der Waals surface area contributed by atoms with Gasteiger partial charge in [0.25, 0.3) is 0 Å². The maximum atomic E-state index is 11.6. The molecule has 2 rings (SSSR count). The largest absolute Gasteiger partial charge is 0.423 e. The first-order chi connectivity index (χ1) is 9.69. The van der Waals surface area contributed by atoms with Gasteiger partial charge >= 0.3 is 5.63 Å². The van der Waals surface area contributed by atoms with Crippen molar-refractivity contribution >= 4 is 16.7 Å². The highest BCUT2D eigenvalue weighted by atomic mass is 16.4. The molecule has 0 atom stereocenters. The fourth-order valence-electron chi connectivity index (χ4n) is 2.62. The zero-order valence-electron chi connectivity index (χ0n) is 12.6. The molecule has 0 saturated heterocycles. The molecule has 0 radical (unpaired) electrons. The molecule has 0 unspecified atom stereocenters. The molecule has 1 aromatic carbocycles. The molecule has 0 aliphatic rings. The van der Waals surface area contributed by atoms with Crippen LogP contribution in [0.3, 0.4) is 0 Å². The van der Waals surface area contributed by atoms with Gasteiger partial charge in [-0.1, -0.05) is 20.8 Å². The lowest BCUT2D eigenvalue weighted by Gasteiger charge is -2.24. The number of nitrogens with zero attached hydrogens (tertiary/aromatic N) is 1. The van der Waals surface area contributed by atoms with Crippen LogP contribution in [-0.4, -0.2) is 13.1 Å². The quantitative estimate of drug-likeness (QED) is 0.746. The average molecular weight is 273 g/mol. The standard InChI is InChI=1S/C17H23NO2/c1-4-9-18(10-5-2)14-7-8-15-13(6-3)11-17(19)20-16(15)12-14/h7-8,11-12H,4-6,9-10H2,1-3H3. The van der Waals surface area contributed by atoms with Crippen molar-refractivity contribution in [3.8, 4) is 0 Å². The van der Waals surface area contributed by atoms with Gasteiger partial charge in [-0.05, 0) is 37.0 Å². The second kappa shape index (κ2) is 6.60. The number of aryl methyl sites for hydroxylation is 1. The summed E-state index contributed by atoms with van der Waals surface area (Å²) >= 11 is 0. The maximum absolute atomic E-state index is 11.6. The summed E-state index contributed by atoms with van der Waals surface area (Å²) in [7, 11) is 0. The average Bonchev–Trinajstić information content (AvgIpc) is 2.45. The number of hydrogen-bond acceptors (Lipinski definition) is 3. The third kappa shape index (κ3) is 3.03. The third-order valence-corrected chi connectivity index (χ3v) is 3.55. The van der Waals surface area contributed by atoms with Gasteiger partial charge in [-0.25, -0.2) is 4.79 Å². The first-order valence-corrected chi connectivity index (χ1v) is 7.51. The molecule has 0 fully saturated rings. The van der Waals surface area contributed by atoms with E-state index in [-0.39, 0.29) is 5.63 Å². The molecule has 3 heteroatoms. The van der Waals surface area contributed by atoms with Crippen molar-refractivity contribution < 1.29 is 4.42 Å². The van der Waals surface area contributed by atoms with Gasteiger partial charge in [0.05, 0.1) is 0 Å². The van der Waals surface area contributed by atoms with Crippen molar-refractivity contribution in [2.24, 2.45) is 0 Å². The summed E-state index contributed by atoms with van der Waals surface area (Å²) in [4.78, 5) is 14.0. The zero-order chi connectivity index (χ0) is 14.5. The molecular formula is C17H23NO2. The SMILES string of the molecule is CCCN(CCC)c1ccc2c(CC)cc(=O)oc2c1. The van der Waals surface area contributed by atoms with Crippen molar-refractivity contribution in [3.05, 3.63) is 40.2 Å². The van der Waals surface area contributed by atoms with Crippen LogP contribution in [0.15, 0.2) is 33.5 Å². The molecule has 3 nitrogen and oxygen atoms in total. The van der Waals surface area contributed by atoms with Gasteiger partial charge in [-0.15, -0.1) is 0 Å². The zero-order valence-corrected chi connectivity index (χ0v) is 12.6. The molecule has 0 spiro atoms. The number of benzene rings is 1. The van der Waals surface area contributed by atoms with Gasteiger partial charge in [0.15, 0.2) is 0 Å². The first kappa shape index (κ1) is 14.6. The van der Waals surface area contributed by atoms with Crippen LogP contribution in [0.25, 0.3) is 11.0 Å². The summed E-state index contributed by atoms with van der Waals surface area (Å²) in [5, 5.41) is 1.05. The molecule has 0 saturated carbocycles. The third-order valence-electron chi connectivity index (χ3n) is 3.55. The minimum atomic E-state index is -0.260. The predicted octanol–water partition coefficient (Wildman–Crippen LogP) is 3.98. The van der Waals surface area contributed by atoms with Crippen LogP contribution in [0.5, 0.6) is 0 Å². The molecule has 108 valence electrons. The fourth-order valence-corrected chi connectivity index (χ4v) is 2.62. The Hall–Kier alpha value is -1.77. The van der Waals surface area contributed by atoms with E-state index in [0.717, 1.165) is 49.0 Å². The molecule has 0 bridgehead atoms. The highest BCUT2D eigenvalue weighted by molar-refractivity contribution is 5.83. The first-order valence-electron chi connectivity index (χ1n) is 7.51. The summed E-state index contributed by atoms with van der Waals surface area (Å²) in [5.74, 6) is 0. The van der Waals surface area contributed by atoms with Gasteiger partial charge in [0.2, 0.25) is 0 Å². The summed E-state index contributed by atoms with van der Waals surface area (Å²) in [6, 6.07) is 7.80. The number of anilines is 1. The van der Waals surface area contributed by atoms with E-state index < -0.39 is 0 Å². The Morgan fingerprint density at radius 2 is 1.75 bits per heavy atom. The minimum Gasteiger partial charge on any atom is -0.423 e. The van der Waals surface area contributed by atoms with Crippen LogP contribution >= 0.6 is 0 Å². The van der Waals surface area contributed by atoms with Gasteiger partial charge in [-0.3, -0.25) is 0 Å². The van der Waals surface area contributed by atoms with Crippen LogP contribution in [-0.2, 0) is 6.42 Å². The summed E-state index contributed by atoms with van der Waals surface area (Å²) < 4.78 is 5.37. The van der Waals surface area contributed by atoms with Crippen molar-refractivity contribution in [2.75, 3.05) is 18.0 Å². The molecule has 0 aliphatic carbocycles. The molecular weight excluding hydrogens is 250 g/mol. The smallest absolute Gasteiger partial charge is 0.336 e. The Morgan fingerprint density at radius 1 is 1.05 bits per heavy atom. The monoisotopic (exact) mass is 273 g/mol.